The van der Waals surface area contributed by atoms with E-state index >= 15 is 0 Å². The van der Waals surface area contributed by atoms with Crippen molar-refractivity contribution in [3.05, 3.63) is 180 Å². The van der Waals surface area contributed by atoms with E-state index in [4.69, 9.17) is 13.8 Å². The van der Waals surface area contributed by atoms with E-state index in [0.29, 0.717) is 28.2 Å². The van der Waals surface area contributed by atoms with Crippen molar-refractivity contribution in [3.63, 3.8) is 0 Å². The van der Waals surface area contributed by atoms with Gasteiger partial charge in [0.2, 0.25) is 35.1 Å². The Morgan fingerprint density at radius 2 is 0.726 bits per heavy atom. The van der Waals surface area contributed by atoms with Crippen LogP contribution in [0.2, 0.25) is 0 Å². The van der Waals surface area contributed by atoms with Gasteiger partial charge in [-0.1, -0.05) is 78.9 Å². The van der Waals surface area contributed by atoms with Crippen molar-refractivity contribution in [2.75, 3.05) is 0 Å². The molecule has 10 rings (SSSR count). The summed E-state index contributed by atoms with van der Waals surface area (Å²) in [5.41, 5.74) is 5.29. The van der Waals surface area contributed by atoms with Gasteiger partial charge < -0.3 is 8.83 Å². The predicted molar refractivity (Wildman–Crippen MR) is 215 cm³/mol. The van der Waals surface area contributed by atoms with Crippen LogP contribution in [0.1, 0.15) is 0 Å². The lowest BCUT2D eigenvalue weighted by molar-refractivity contribution is 0.411. The zero-order valence-corrected chi connectivity index (χ0v) is 31.3. The number of rotatable bonds is 7. The molecule has 0 atom stereocenters. The van der Waals surface area contributed by atoms with Crippen LogP contribution < -0.4 is 0 Å². The first kappa shape index (κ1) is 38.2. The molecule has 4 heterocycles. The Bertz CT molecular complexity index is 3270. The molecule has 0 amide bonds. The van der Waals surface area contributed by atoms with Crippen molar-refractivity contribution in [3.8, 4) is 78.9 Å². The second-order valence-corrected chi connectivity index (χ2v) is 14.0. The van der Waals surface area contributed by atoms with Gasteiger partial charge in [-0.2, -0.15) is 8.78 Å². The molecule has 0 fully saturated rings. The quantitative estimate of drug-likeness (QED) is 0.0904. The molecule has 0 aliphatic rings. The Morgan fingerprint density at radius 1 is 0.323 bits per heavy atom. The summed E-state index contributed by atoms with van der Waals surface area (Å²) in [6.07, 6.45) is 1.69. The van der Waals surface area contributed by atoms with E-state index in [1.165, 1.54) is 0 Å². The fourth-order valence-corrected chi connectivity index (χ4v) is 7.12. The lowest BCUT2D eigenvalue weighted by Crippen LogP contribution is -1.96. The highest BCUT2D eigenvalue weighted by molar-refractivity contribution is 5.85. The minimum atomic E-state index is -1.98. The maximum atomic E-state index is 14.3. The Morgan fingerprint density at radius 3 is 1.16 bits per heavy atom. The average molecular weight is 839 g/mol. The number of benzene rings is 6. The fraction of sp³-hybridized carbons (Fsp3) is 0. The van der Waals surface area contributed by atoms with Crippen molar-refractivity contribution < 1.29 is 44.0 Å². The molecule has 0 radical (unpaired) electrons. The van der Waals surface area contributed by atoms with Gasteiger partial charge in [0.15, 0.2) is 45.5 Å². The van der Waals surface area contributed by atoms with Gasteiger partial charge in [0.05, 0.1) is 17.1 Å². The van der Waals surface area contributed by atoms with Crippen molar-refractivity contribution in [1.82, 2.24) is 19.9 Å². The first-order valence-electron chi connectivity index (χ1n) is 18.6. The van der Waals surface area contributed by atoms with Crippen LogP contribution in [0.4, 0.5) is 35.1 Å². The van der Waals surface area contributed by atoms with E-state index in [9.17, 15) is 35.1 Å². The van der Waals surface area contributed by atoms with Crippen molar-refractivity contribution in [2.24, 2.45) is 0 Å². The summed E-state index contributed by atoms with van der Waals surface area (Å²) >= 11 is 0. The third-order valence-electron chi connectivity index (χ3n) is 10.3. The molecule has 6 nitrogen and oxygen atoms in total. The molecule has 0 aliphatic carbocycles. The zero-order chi connectivity index (χ0) is 42.8. The number of aromatic nitrogens is 4. The van der Waals surface area contributed by atoms with Gasteiger partial charge in [-0.15, -0.1) is 0 Å². The number of halogens is 8. The first-order valence-corrected chi connectivity index (χ1v) is 18.6. The van der Waals surface area contributed by atoms with E-state index in [0.717, 1.165) is 38.9 Å². The Balaban J connectivity index is 0.935. The van der Waals surface area contributed by atoms with Crippen LogP contribution in [0.3, 0.4) is 0 Å². The van der Waals surface area contributed by atoms with E-state index in [-0.39, 0.29) is 11.8 Å². The molecular weight excluding hydrogens is 817 g/mol. The summed E-state index contributed by atoms with van der Waals surface area (Å²) in [5.74, 6) is -14.9. The zero-order valence-electron chi connectivity index (χ0n) is 31.3. The molecule has 4 aromatic heterocycles. The van der Waals surface area contributed by atoms with Gasteiger partial charge >= 0.3 is 0 Å². The molecule has 14 heteroatoms. The second kappa shape index (κ2) is 14.9. The summed E-state index contributed by atoms with van der Waals surface area (Å²) in [6, 6.07) is 38.3. The third-order valence-corrected chi connectivity index (χ3v) is 10.3. The number of nitrogens with zero attached hydrogens (tertiary/aromatic N) is 4. The second-order valence-electron chi connectivity index (χ2n) is 14.0. The van der Waals surface area contributed by atoms with E-state index < -0.39 is 68.7 Å². The van der Waals surface area contributed by atoms with E-state index in [1.54, 1.807) is 54.7 Å². The predicted octanol–water partition coefficient (Wildman–Crippen LogP) is 13.5. The maximum Gasteiger partial charge on any atom is 0.227 e. The lowest BCUT2D eigenvalue weighted by Gasteiger charge is -2.13. The SMILES string of the molecule is Fc1c(F)c(F)c2oc(-c3ccc(-c4ccc(-c5ccc(-c6ccccn6)nc5-c5ccc(-c6ccc(-c7nc8c(F)c(F)c(F)c(F)c8o7)cc6)cc5)cc4)cc3)nc2c1F. The Labute approximate surface area is 344 Å². The Hall–Kier alpha value is -8.00. The summed E-state index contributed by atoms with van der Waals surface area (Å²) in [5, 5.41) is 0. The highest BCUT2D eigenvalue weighted by atomic mass is 19.2. The molecular formula is C48H22F8N4O2. The summed E-state index contributed by atoms with van der Waals surface area (Å²) in [6.45, 7) is 0. The molecule has 302 valence electrons. The molecule has 0 aliphatic heterocycles. The summed E-state index contributed by atoms with van der Waals surface area (Å²) in [7, 11) is 0. The van der Waals surface area contributed by atoms with Crippen LogP contribution in [-0.4, -0.2) is 19.9 Å². The van der Waals surface area contributed by atoms with Crippen LogP contribution in [0.5, 0.6) is 0 Å². The van der Waals surface area contributed by atoms with Crippen molar-refractivity contribution in [1.29, 1.82) is 0 Å². The highest BCUT2D eigenvalue weighted by Crippen LogP contribution is 2.37. The molecule has 0 N–H and O–H groups in total. The Kier molecular flexibility index (Phi) is 9.20. The number of oxazole rings is 2. The molecule has 0 spiro atoms. The largest absolute Gasteiger partial charge is 0.433 e. The molecule has 62 heavy (non-hydrogen) atoms. The number of hydrogen-bond acceptors (Lipinski definition) is 6. The number of hydrogen-bond donors (Lipinski definition) is 0. The highest BCUT2D eigenvalue weighted by Gasteiger charge is 2.27. The maximum absolute atomic E-state index is 14.3. The molecule has 0 saturated carbocycles. The molecule has 10 aromatic rings. The van der Waals surface area contributed by atoms with Gasteiger partial charge in [0.1, 0.15) is 0 Å². The van der Waals surface area contributed by atoms with Gasteiger partial charge in [-0.25, -0.2) is 41.3 Å². The van der Waals surface area contributed by atoms with Crippen LogP contribution >= 0.6 is 0 Å². The molecule has 6 aromatic carbocycles. The van der Waals surface area contributed by atoms with E-state index in [1.807, 2.05) is 78.9 Å². The minimum Gasteiger partial charge on any atom is -0.433 e. The van der Waals surface area contributed by atoms with Crippen LogP contribution in [-0.2, 0) is 0 Å². The normalized spacial score (nSPS) is 11.5. The smallest absolute Gasteiger partial charge is 0.227 e. The molecule has 0 bridgehead atoms. The van der Waals surface area contributed by atoms with Gasteiger partial charge in [0.25, 0.3) is 0 Å². The van der Waals surface area contributed by atoms with Crippen LogP contribution in [0.15, 0.2) is 142 Å². The third kappa shape index (κ3) is 6.43. The van der Waals surface area contributed by atoms with Crippen LogP contribution in [0.25, 0.3) is 101 Å². The first-order chi connectivity index (χ1) is 30.0. The van der Waals surface area contributed by atoms with Crippen LogP contribution in [0, 0.1) is 46.5 Å². The lowest BCUT2D eigenvalue weighted by atomic mass is 9.95. The van der Waals surface area contributed by atoms with Gasteiger partial charge in [0, 0.05) is 28.5 Å². The number of fused-ring (bicyclic) bond motifs is 2. The minimum absolute atomic E-state index is 0.210. The molecule has 0 unspecified atom stereocenters. The van der Waals surface area contributed by atoms with E-state index in [2.05, 4.69) is 15.0 Å². The summed E-state index contributed by atoms with van der Waals surface area (Å²) < 4.78 is 123. The van der Waals surface area contributed by atoms with Gasteiger partial charge in [-0.05, 0) is 76.3 Å². The van der Waals surface area contributed by atoms with Crippen molar-refractivity contribution in [2.45, 2.75) is 0 Å². The monoisotopic (exact) mass is 838 g/mol. The topological polar surface area (TPSA) is 77.8 Å². The summed E-state index contributed by atoms with van der Waals surface area (Å²) in [4.78, 5) is 17.2. The fourth-order valence-electron chi connectivity index (χ4n) is 7.12. The van der Waals surface area contributed by atoms with Crippen molar-refractivity contribution >= 4 is 22.2 Å². The number of pyridine rings is 2. The average Bonchev–Trinajstić information content (AvgIpc) is 3.99. The standard InChI is InChI=1S/C48H22F8N4O2/c49-34-36(51)40(55)45-43(38(34)53)59-47(61-45)29-16-8-25(9-17-29)23-4-12-27(13-5-23)31-20-21-33(32-3-1-2-22-57-32)58-42(31)28-14-6-24(7-15-28)26-10-18-30(19-11-26)48-60-44-39(54)35(50)37(52)41(56)46(44)62-48/h1-22H. The van der Waals surface area contributed by atoms with Gasteiger partial charge in [-0.3, -0.25) is 4.98 Å². The molecule has 0 saturated heterocycles.